The summed E-state index contributed by atoms with van der Waals surface area (Å²) in [6.45, 7) is 1.81. The number of rotatable bonds is 2. The number of carbonyl (C=O) groups is 1. The van der Waals surface area contributed by atoms with E-state index in [9.17, 15) is 4.79 Å². The molecule has 1 aliphatic carbocycles. The molecule has 0 saturated carbocycles. The smallest absolute Gasteiger partial charge is 0.226 e. The molecule has 1 aromatic heterocycles. The van der Waals surface area contributed by atoms with Crippen molar-refractivity contribution in [1.29, 1.82) is 0 Å². The van der Waals surface area contributed by atoms with Crippen LogP contribution in [0.1, 0.15) is 30.2 Å². The molecule has 0 radical (unpaired) electrons. The number of thioether (sulfide) groups is 1. The van der Waals surface area contributed by atoms with Crippen molar-refractivity contribution in [2.75, 3.05) is 24.6 Å². The number of para-hydroxylation sites is 1. The summed E-state index contributed by atoms with van der Waals surface area (Å²) >= 11 is 3.72. The van der Waals surface area contributed by atoms with Crippen LogP contribution in [0.2, 0.25) is 0 Å². The molecule has 1 amide bonds. The Labute approximate surface area is 151 Å². The van der Waals surface area contributed by atoms with E-state index < -0.39 is 0 Å². The van der Waals surface area contributed by atoms with Crippen LogP contribution in [0.5, 0.6) is 0 Å². The highest BCUT2D eigenvalue weighted by Gasteiger charge is 2.34. The monoisotopic (exact) mass is 358 g/mol. The van der Waals surface area contributed by atoms with Gasteiger partial charge >= 0.3 is 0 Å². The molecule has 126 valence electrons. The maximum atomic E-state index is 13.2. The van der Waals surface area contributed by atoms with E-state index in [1.807, 2.05) is 17.8 Å². The first-order valence-electron chi connectivity index (χ1n) is 8.70. The Morgan fingerprint density at radius 2 is 2.00 bits per heavy atom. The summed E-state index contributed by atoms with van der Waals surface area (Å²) in [6, 6.07) is 8.28. The first-order chi connectivity index (χ1) is 11.8. The van der Waals surface area contributed by atoms with E-state index in [2.05, 4.69) is 35.3 Å². The highest BCUT2D eigenvalue weighted by atomic mass is 32.2. The molecule has 0 spiro atoms. The second-order valence-corrected chi connectivity index (χ2v) is 8.75. The number of allylic oxidation sites excluding steroid dienone is 2. The van der Waals surface area contributed by atoms with Crippen LogP contribution in [0, 0.1) is 5.92 Å². The van der Waals surface area contributed by atoms with Crippen molar-refractivity contribution in [3.05, 3.63) is 41.4 Å². The number of amides is 1. The van der Waals surface area contributed by atoms with E-state index in [-0.39, 0.29) is 11.8 Å². The molecule has 0 N–H and O–H groups in total. The van der Waals surface area contributed by atoms with Gasteiger partial charge in [-0.15, -0.1) is 11.3 Å². The summed E-state index contributed by atoms with van der Waals surface area (Å²) in [4.78, 5) is 20.1. The molecule has 1 aromatic carbocycles. The van der Waals surface area contributed by atoms with Crippen LogP contribution in [0.3, 0.4) is 0 Å². The molecule has 2 heterocycles. The van der Waals surface area contributed by atoms with E-state index in [1.165, 1.54) is 10.5 Å². The standard InChI is InChI=1S/C19H22N2OS2/c22-19(21-10-5-12-23-13-11-21)15-7-2-1-6-14(15)18-20-16-8-3-4-9-17(16)24-18/h1-4,8-9,14-15H,5-7,10-13H2. The number of carbonyl (C=O) groups excluding carboxylic acids is 1. The zero-order valence-electron chi connectivity index (χ0n) is 13.7. The Bertz CT molecular complexity index is 714. The fourth-order valence-electron chi connectivity index (χ4n) is 3.61. The molecule has 2 aliphatic rings. The van der Waals surface area contributed by atoms with Crippen LogP contribution in [0.15, 0.2) is 36.4 Å². The molecular formula is C19H22N2OS2. The highest BCUT2D eigenvalue weighted by Crippen LogP contribution is 2.39. The molecule has 1 saturated heterocycles. The Morgan fingerprint density at radius 3 is 2.92 bits per heavy atom. The fourth-order valence-corrected chi connectivity index (χ4v) is 5.64. The summed E-state index contributed by atoms with van der Waals surface area (Å²) in [5.74, 6) is 2.87. The van der Waals surface area contributed by atoms with Gasteiger partial charge in [-0.25, -0.2) is 4.98 Å². The van der Waals surface area contributed by atoms with Crippen molar-refractivity contribution < 1.29 is 4.79 Å². The van der Waals surface area contributed by atoms with Gasteiger partial charge in [-0.1, -0.05) is 24.3 Å². The number of aromatic nitrogens is 1. The summed E-state index contributed by atoms with van der Waals surface area (Å²) < 4.78 is 1.22. The van der Waals surface area contributed by atoms with Gasteiger partial charge in [0.2, 0.25) is 5.91 Å². The number of benzene rings is 1. The third-order valence-corrected chi connectivity index (χ3v) is 7.13. The van der Waals surface area contributed by atoms with Crippen LogP contribution < -0.4 is 0 Å². The normalized spacial score (nSPS) is 24.9. The molecule has 4 rings (SSSR count). The number of hydrogen-bond acceptors (Lipinski definition) is 4. The highest BCUT2D eigenvalue weighted by molar-refractivity contribution is 7.99. The lowest BCUT2D eigenvalue weighted by Crippen LogP contribution is -2.40. The number of nitrogens with zero attached hydrogens (tertiary/aromatic N) is 2. The topological polar surface area (TPSA) is 33.2 Å². The van der Waals surface area contributed by atoms with E-state index >= 15 is 0 Å². The van der Waals surface area contributed by atoms with Crippen molar-refractivity contribution >= 4 is 39.2 Å². The van der Waals surface area contributed by atoms with Crippen LogP contribution in [0.4, 0.5) is 0 Å². The molecule has 3 nitrogen and oxygen atoms in total. The second kappa shape index (κ2) is 7.28. The Kier molecular flexibility index (Phi) is 4.90. The van der Waals surface area contributed by atoms with Gasteiger partial charge in [0.15, 0.2) is 0 Å². The number of hydrogen-bond donors (Lipinski definition) is 0. The summed E-state index contributed by atoms with van der Waals surface area (Å²) in [7, 11) is 0. The van der Waals surface area contributed by atoms with Gasteiger partial charge in [0.1, 0.15) is 0 Å². The quantitative estimate of drug-likeness (QED) is 0.750. The predicted molar refractivity (Wildman–Crippen MR) is 103 cm³/mol. The molecule has 1 aliphatic heterocycles. The van der Waals surface area contributed by atoms with Gasteiger partial charge in [0, 0.05) is 24.8 Å². The van der Waals surface area contributed by atoms with Gasteiger partial charge in [-0.2, -0.15) is 11.8 Å². The molecule has 2 unspecified atom stereocenters. The number of thiazole rings is 1. The third-order valence-electron chi connectivity index (χ3n) is 4.91. The van der Waals surface area contributed by atoms with Crippen LogP contribution in [-0.4, -0.2) is 40.4 Å². The average Bonchev–Trinajstić information content (AvgIpc) is 2.87. The third kappa shape index (κ3) is 3.24. The lowest BCUT2D eigenvalue weighted by Gasteiger charge is -2.31. The minimum atomic E-state index is 0.0543. The largest absolute Gasteiger partial charge is 0.342 e. The predicted octanol–water partition coefficient (Wildman–Crippen LogP) is 4.31. The van der Waals surface area contributed by atoms with Crippen molar-refractivity contribution in [2.45, 2.75) is 25.2 Å². The number of fused-ring (bicyclic) bond motifs is 1. The minimum Gasteiger partial charge on any atom is -0.342 e. The van der Waals surface area contributed by atoms with Gasteiger partial charge in [0.05, 0.1) is 21.1 Å². The zero-order chi connectivity index (χ0) is 16.4. The van der Waals surface area contributed by atoms with E-state index in [4.69, 9.17) is 4.98 Å². The minimum absolute atomic E-state index is 0.0543. The SMILES string of the molecule is O=C(C1CC=CCC1c1nc2ccccc2s1)N1CCCSCC1. The molecule has 1 fully saturated rings. The van der Waals surface area contributed by atoms with Crippen molar-refractivity contribution in [2.24, 2.45) is 5.92 Å². The van der Waals surface area contributed by atoms with Gasteiger partial charge in [0.25, 0.3) is 0 Å². The van der Waals surface area contributed by atoms with Crippen LogP contribution >= 0.6 is 23.1 Å². The van der Waals surface area contributed by atoms with E-state index in [0.717, 1.165) is 48.6 Å². The van der Waals surface area contributed by atoms with E-state index in [0.29, 0.717) is 5.91 Å². The van der Waals surface area contributed by atoms with Crippen molar-refractivity contribution in [3.8, 4) is 0 Å². The lowest BCUT2D eigenvalue weighted by atomic mass is 9.82. The first-order valence-corrected chi connectivity index (χ1v) is 10.7. The molecule has 5 heteroatoms. The molecular weight excluding hydrogens is 336 g/mol. The van der Waals surface area contributed by atoms with Gasteiger partial charge in [-0.05, 0) is 37.1 Å². The Balaban J connectivity index is 1.60. The van der Waals surface area contributed by atoms with Crippen molar-refractivity contribution in [3.63, 3.8) is 0 Å². The van der Waals surface area contributed by atoms with Crippen molar-refractivity contribution in [1.82, 2.24) is 9.88 Å². The molecule has 24 heavy (non-hydrogen) atoms. The molecule has 0 bridgehead atoms. The average molecular weight is 359 g/mol. The molecule has 2 atom stereocenters. The maximum absolute atomic E-state index is 13.2. The fraction of sp³-hybridized carbons (Fsp3) is 0.474. The van der Waals surface area contributed by atoms with Crippen LogP contribution in [0.25, 0.3) is 10.2 Å². The second-order valence-electron chi connectivity index (χ2n) is 6.47. The Morgan fingerprint density at radius 1 is 1.12 bits per heavy atom. The summed E-state index contributed by atoms with van der Waals surface area (Å²) in [5.41, 5.74) is 1.06. The van der Waals surface area contributed by atoms with Gasteiger partial charge in [-0.3, -0.25) is 4.79 Å². The summed E-state index contributed by atoms with van der Waals surface area (Å²) in [6.07, 6.45) is 7.30. The summed E-state index contributed by atoms with van der Waals surface area (Å²) in [5, 5.41) is 1.13. The van der Waals surface area contributed by atoms with E-state index in [1.54, 1.807) is 11.3 Å². The zero-order valence-corrected chi connectivity index (χ0v) is 15.3. The lowest BCUT2D eigenvalue weighted by molar-refractivity contribution is -0.136. The molecule has 2 aromatic rings. The first kappa shape index (κ1) is 16.2. The van der Waals surface area contributed by atoms with Crippen LogP contribution in [-0.2, 0) is 4.79 Å². The Hall–Kier alpha value is -1.33. The maximum Gasteiger partial charge on any atom is 0.226 e. The van der Waals surface area contributed by atoms with Gasteiger partial charge < -0.3 is 4.90 Å².